The Balaban J connectivity index is 4.58. The van der Waals surface area contributed by atoms with E-state index in [2.05, 4.69) is 11.3 Å². The Kier molecular flexibility index (Phi) is 5.50. The van der Waals surface area contributed by atoms with E-state index in [9.17, 15) is 44.3 Å². The molecular weight excluding hydrogens is 311 g/mol. The van der Waals surface area contributed by atoms with Crippen LogP contribution in [0.25, 0.3) is 0 Å². The van der Waals surface area contributed by atoms with Gasteiger partial charge in [-0.3, -0.25) is 0 Å². The van der Waals surface area contributed by atoms with Gasteiger partial charge in [-0.1, -0.05) is 6.58 Å². The lowest BCUT2D eigenvalue weighted by Crippen LogP contribution is -2.38. The zero-order chi connectivity index (χ0) is 16.4. The van der Waals surface area contributed by atoms with Gasteiger partial charge in [0.25, 0.3) is 5.92 Å². The number of hydrogen-bond acceptors (Lipinski definition) is 2. The lowest BCUT2D eigenvalue weighted by atomic mass is 10.1. The van der Waals surface area contributed by atoms with Crippen molar-refractivity contribution in [3.05, 3.63) is 12.2 Å². The monoisotopic (exact) mass is 318 g/mol. The Morgan fingerprint density at radius 3 is 1.85 bits per heavy atom. The minimum absolute atomic E-state index is 2.13. The molecule has 0 spiro atoms. The van der Waals surface area contributed by atoms with Crippen LogP contribution >= 0.6 is 0 Å². The van der Waals surface area contributed by atoms with E-state index in [1.807, 2.05) is 0 Å². The molecule has 0 rings (SSSR count). The summed E-state index contributed by atoms with van der Waals surface area (Å²) in [6, 6.07) is 0. The van der Waals surface area contributed by atoms with Crippen LogP contribution in [-0.2, 0) is 9.53 Å². The first kappa shape index (κ1) is 18.6. The molecule has 118 valence electrons. The second-order valence-corrected chi connectivity index (χ2v) is 3.65. The van der Waals surface area contributed by atoms with Crippen LogP contribution in [0.3, 0.4) is 0 Å². The molecule has 0 aliphatic heterocycles. The number of hydrogen-bond donors (Lipinski definition) is 0. The molecule has 0 saturated heterocycles. The molecule has 0 saturated carbocycles. The normalized spacial score (nSPS) is 13.5. The number of rotatable bonds is 6. The van der Waals surface area contributed by atoms with E-state index < -0.39 is 49.0 Å². The average Bonchev–Trinajstić information content (AvgIpc) is 2.22. The molecule has 0 aliphatic rings. The standard InChI is InChI=1S/C9H7F9O2/c1-4(9(16,17)18)5(19)20-3-7(12,13)2-8(14,15)6(10)11/h6H,1-3H2. The van der Waals surface area contributed by atoms with Crippen molar-refractivity contribution < 1.29 is 49.0 Å². The molecule has 0 amide bonds. The molecule has 0 aromatic rings. The Morgan fingerprint density at radius 1 is 1.05 bits per heavy atom. The van der Waals surface area contributed by atoms with Crippen molar-refractivity contribution in [1.29, 1.82) is 0 Å². The lowest BCUT2D eigenvalue weighted by Gasteiger charge is -2.22. The molecule has 0 radical (unpaired) electrons. The van der Waals surface area contributed by atoms with Crippen LogP contribution in [-0.4, -0.2) is 37.0 Å². The number of carbonyl (C=O) groups is 1. The Hall–Kier alpha value is -1.42. The Bertz CT molecular complexity index is 372. The van der Waals surface area contributed by atoms with Crippen molar-refractivity contribution in [3.8, 4) is 0 Å². The molecule has 0 unspecified atom stereocenters. The van der Waals surface area contributed by atoms with Gasteiger partial charge in [-0.25, -0.2) is 31.1 Å². The number of halogens is 9. The summed E-state index contributed by atoms with van der Waals surface area (Å²) in [4.78, 5) is 10.6. The van der Waals surface area contributed by atoms with Crippen molar-refractivity contribution in [2.24, 2.45) is 0 Å². The van der Waals surface area contributed by atoms with Crippen molar-refractivity contribution in [1.82, 2.24) is 0 Å². The number of alkyl halides is 9. The zero-order valence-electron chi connectivity index (χ0n) is 9.42. The molecule has 0 atom stereocenters. The second kappa shape index (κ2) is 5.92. The van der Waals surface area contributed by atoms with Gasteiger partial charge in [-0.2, -0.15) is 13.2 Å². The third-order valence-corrected chi connectivity index (χ3v) is 1.82. The fourth-order valence-electron chi connectivity index (χ4n) is 0.847. The highest BCUT2D eigenvalue weighted by atomic mass is 19.4. The van der Waals surface area contributed by atoms with Crippen molar-refractivity contribution >= 4 is 5.97 Å². The van der Waals surface area contributed by atoms with Gasteiger partial charge in [-0.15, -0.1) is 0 Å². The minimum Gasteiger partial charge on any atom is -0.456 e. The summed E-state index contributed by atoms with van der Waals surface area (Å²) in [7, 11) is 0. The molecule has 0 aromatic heterocycles. The first-order valence-electron chi connectivity index (χ1n) is 4.66. The van der Waals surface area contributed by atoms with Crippen LogP contribution < -0.4 is 0 Å². The molecule has 0 aliphatic carbocycles. The summed E-state index contributed by atoms with van der Waals surface area (Å²) < 4.78 is 113. The Morgan fingerprint density at radius 2 is 1.50 bits per heavy atom. The van der Waals surface area contributed by atoms with Gasteiger partial charge in [0.15, 0.2) is 6.61 Å². The van der Waals surface area contributed by atoms with Gasteiger partial charge in [0.2, 0.25) is 0 Å². The Labute approximate surface area is 106 Å². The lowest BCUT2D eigenvalue weighted by molar-refractivity contribution is -0.196. The van der Waals surface area contributed by atoms with E-state index in [0.29, 0.717) is 0 Å². The quantitative estimate of drug-likeness (QED) is 0.425. The van der Waals surface area contributed by atoms with Crippen LogP contribution in [0.1, 0.15) is 6.42 Å². The summed E-state index contributed by atoms with van der Waals surface area (Å²) >= 11 is 0. The molecule has 11 heteroatoms. The maximum atomic E-state index is 12.8. The largest absolute Gasteiger partial charge is 0.456 e. The topological polar surface area (TPSA) is 26.3 Å². The van der Waals surface area contributed by atoms with Crippen molar-refractivity contribution in [3.63, 3.8) is 0 Å². The van der Waals surface area contributed by atoms with Crippen LogP contribution in [0.5, 0.6) is 0 Å². The molecule has 0 heterocycles. The van der Waals surface area contributed by atoms with E-state index in [1.165, 1.54) is 0 Å². The summed E-state index contributed by atoms with van der Waals surface area (Å²) in [5, 5.41) is 0. The van der Waals surface area contributed by atoms with Crippen molar-refractivity contribution in [2.45, 2.75) is 30.9 Å². The summed E-state index contributed by atoms with van der Waals surface area (Å²) in [5.41, 5.74) is -2.13. The number of ether oxygens (including phenoxy) is 1. The minimum atomic E-state index is -5.25. The molecule has 0 aromatic carbocycles. The van der Waals surface area contributed by atoms with E-state index in [-0.39, 0.29) is 0 Å². The van der Waals surface area contributed by atoms with E-state index in [0.717, 1.165) is 0 Å². The first-order valence-corrected chi connectivity index (χ1v) is 4.66. The van der Waals surface area contributed by atoms with Gasteiger partial charge in [0.05, 0.1) is 6.42 Å². The summed E-state index contributed by atoms with van der Waals surface area (Å²) in [5.74, 6) is -12.0. The fourth-order valence-corrected chi connectivity index (χ4v) is 0.847. The fraction of sp³-hybridized carbons (Fsp3) is 0.667. The third-order valence-electron chi connectivity index (χ3n) is 1.82. The summed E-state index contributed by atoms with van der Waals surface area (Å²) in [6.45, 7) is 0.0117. The number of carbonyl (C=O) groups excluding carboxylic acids is 1. The van der Waals surface area contributed by atoms with Gasteiger partial charge in [0.1, 0.15) is 5.57 Å². The molecule has 0 N–H and O–H groups in total. The van der Waals surface area contributed by atoms with Crippen molar-refractivity contribution in [2.75, 3.05) is 6.61 Å². The zero-order valence-corrected chi connectivity index (χ0v) is 9.42. The molecule has 20 heavy (non-hydrogen) atoms. The van der Waals surface area contributed by atoms with Crippen LogP contribution in [0, 0.1) is 0 Å². The summed E-state index contributed by atoms with van der Waals surface area (Å²) in [6.07, 6.45) is -12.3. The van der Waals surface area contributed by atoms with Crippen LogP contribution in [0.2, 0.25) is 0 Å². The predicted octanol–water partition coefficient (Wildman–Crippen LogP) is 3.57. The van der Waals surface area contributed by atoms with Gasteiger partial charge >= 0.3 is 24.5 Å². The van der Waals surface area contributed by atoms with Gasteiger partial charge in [0, 0.05) is 0 Å². The maximum absolute atomic E-state index is 12.8. The van der Waals surface area contributed by atoms with Crippen LogP contribution in [0.15, 0.2) is 12.2 Å². The molecule has 0 bridgehead atoms. The van der Waals surface area contributed by atoms with E-state index in [1.54, 1.807) is 0 Å². The highest BCUT2D eigenvalue weighted by molar-refractivity contribution is 5.89. The van der Waals surface area contributed by atoms with Gasteiger partial charge < -0.3 is 4.74 Å². The first-order chi connectivity index (χ1) is 8.69. The molecular formula is C9H7F9O2. The maximum Gasteiger partial charge on any atom is 0.422 e. The highest BCUT2D eigenvalue weighted by Crippen LogP contribution is 2.35. The second-order valence-electron chi connectivity index (χ2n) is 3.65. The SMILES string of the molecule is C=C(C(=O)OCC(F)(F)CC(F)(F)C(F)F)C(F)(F)F. The average molecular weight is 318 g/mol. The van der Waals surface area contributed by atoms with Crippen LogP contribution in [0.4, 0.5) is 39.5 Å². The number of esters is 1. The third kappa shape index (κ3) is 5.70. The molecule has 0 fully saturated rings. The van der Waals surface area contributed by atoms with E-state index in [4.69, 9.17) is 0 Å². The van der Waals surface area contributed by atoms with Gasteiger partial charge in [-0.05, 0) is 0 Å². The molecule has 2 nitrogen and oxygen atoms in total. The smallest absolute Gasteiger partial charge is 0.422 e. The predicted molar refractivity (Wildman–Crippen MR) is 46.7 cm³/mol. The van der Waals surface area contributed by atoms with E-state index >= 15 is 0 Å². The highest BCUT2D eigenvalue weighted by Gasteiger charge is 2.50.